The van der Waals surface area contributed by atoms with Crippen LogP contribution in [0.5, 0.6) is 0 Å². The van der Waals surface area contributed by atoms with E-state index >= 15 is 0 Å². The van der Waals surface area contributed by atoms with E-state index in [0.717, 1.165) is 5.56 Å². The summed E-state index contributed by atoms with van der Waals surface area (Å²) >= 11 is 5.92. The van der Waals surface area contributed by atoms with Crippen LogP contribution >= 0.6 is 35.6 Å². The molecule has 7 heteroatoms. The summed E-state index contributed by atoms with van der Waals surface area (Å²) in [6, 6.07) is 13.4. The molecule has 0 heterocycles. The highest BCUT2D eigenvalue weighted by molar-refractivity contribution is 14.0. The van der Waals surface area contributed by atoms with E-state index in [4.69, 9.17) is 11.6 Å². The smallest absolute Gasteiger partial charge is 0.191 e. The molecule has 0 radical (unpaired) electrons. The Kier molecular flexibility index (Phi) is 9.90. The monoisotopic (exact) mass is 491 g/mol. The molecule has 0 saturated heterocycles. The molecule has 2 aromatic rings. The Morgan fingerprint density at radius 2 is 1.69 bits per heavy atom. The topological polar surface area (TPSA) is 56.7 Å². The zero-order valence-electron chi connectivity index (χ0n) is 14.7. The van der Waals surface area contributed by atoms with E-state index in [1.807, 2.05) is 38.1 Å². The summed E-state index contributed by atoms with van der Waals surface area (Å²) in [5.41, 5.74) is 1.71. The molecule has 0 spiro atoms. The molecular weight excluding hydrogens is 468 g/mol. The van der Waals surface area contributed by atoms with Crippen LogP contribution in [0.4, 0.5) is 4.39 Å². The molecule has 0 aliphatic carbocycles. The fourth-order valence-electron chi connectivity index (χ4n) is 2.33. The summed E-state index contributed by atoms with van der Waals surface area (Å²) in [7, 11) is 0. The number of hydrogen-bond acceptors (Lipinski definition) is 2. The predicted octanol–water partition coefficient (Wildman–Crippen LogP) is 4.45. The summed E-state index contributed by atoms with van der Waals surface area (Å²) in [6.07, 6.45) is -0.790. The summed E-state index contributed by atoms with van der Waals surface area (Å²) in [5, 5.41) is 17.4. The van der Waals surface area contributed by atoms with Gasteiger partial charge in [0.05, 0.1) is 18.7 Å². The van der Waals surface area contributed by atoms with Gasteiger partial charge in [0.25, 0.3) is 0 Å². The zero-order chi connectivity index (χ0) is 18.2. The first-order chi connectivity index (χ1) is 12.0. The average Bonchev–Trinajstić information content (AvgIpc) is 2.60. The molecule has 0 fully saturated rings. The minimum atomic E-state index is -0.790. The summed E-state index contributed by atoms with van der Waals surface area (Å²) in [4.78, 5) is 4.42. The molecule has 0 bridgehead atoms. The molecule has 0 aromatic heterocycles. The first-order valence-corrected chi connectivity index (χ1v) is 8.61. The number of rotatable bonds is 6. The van der Waals surface area contributed by atoms with E-state index in [-0.39, 0.29) is 42.4 Å². The molecular formula is C19H24ClFIN3O. The number of hydrogen-bond donors (Lipinski definition) is 3. The SMILES string of the molecule is CCNC(=NCC(O)c1ccc(F)cc1)NC(C)c1ccc(Cl)cc1.I. The minimum Gasteiger partial charge on any atom is -0.386 e. The third-order valence-corrected chi connectivity index (χ3v) is 4.00. The quantitative estimate of drug-likeness (QED) is 0.318. The van der Waals surface area contributed by atoms with Gasteiger partial charge in [-0.3, -0.25) is 4.99 Å². The lowest BCUT2D eigenvalue weighted by molar-refractivity contribution is 0.187. The molecule has 0 saturated carbocycles. The van der Waals surface area contributed by atoms with Crippen molar-refractivity contribution in [3.63, 3.8) is 0 Å². The van der Waals surface area contributed by atoms with E-state index < -0.39 is 6.10 Å². The fourth-order valence-corrected chi connectivity index (χ4v) is 2.45. The van der Waals surface area contributed by atoms with Crippen LogP contribution in [0.15, 0.2) is 53.5 Å². The maximum Gasteiger partial charge on any atom is 0.191 e. The number of nitrogens with one attached hydrogen (secondary N) is 2. The molecule has 2 aromatic carbocycles. The average molecular weight is 492 g/mol. The predicted molar refractivity (Wildman–Crippen MR) is 116 cm³/mol. The lowest BCUT2D eigenvalue weighted by Gasteiger charge is -2.19. The Morgan fingerprint density at radius 1 is 1.12 bits per heavy atom. The van der Waals surface area contributed by atoms with Crippen molar-refractivity contribution < 1.29 is 9.50 Å². The van der Waals surface area contributed by atoms with E-state index in [9.17, 15) is 9.50 Å². The second kappa shape index (κ2) is 11.4. The minimum absolute atomic E-state index is 0. The molecule has 2 rings (SSSR count). The van der Waals surface area contributed by atoms with Crippen molar-refractivity contribution in [2.75, 3.05) is 13.1 Å². The van der Waals surface area contributed by atoms with Crippen LogP contribution in [-0.4, -0.2) is 24.2 Å². The van der Waals surface area contributed by atoms with Gasteiger partial charge < -0.3 is 15.7 Å². The Morgan fingerprint density at radius 3 is 2.27 bits per heavy atom. The van der Waals surface area contributed by atoms with Gasteiger partial charge in [0.1, 0.15) is 5.82 Å². The summed E-state index contributed by atoms with van der Waals surface area (Å²) in [6.45, 7) is 4.87. The number of halogens is 3. The molecule has 26 heavy (non-hydrogen) atoms. The molecule has 0 aliphatic rings. The van der Waals surface area contributed by atoms with Gasteiger partial charge in [-0.05, 0) is 49.2 Å². The van der Waals surface area contributed by atoms with Crippen molar-refractivity contribution in [3.8, 4) is 0 Å². The molecule has 4 nitrogen and oxygen atoms in total. The highest BCUT2D eigenvalue weighted by Gasteiger charge is 2.10. The molecule has 3 N–H and O–H groups in total. The second-order valence-corrected chi connectivity index (χ2v) is 6.14. The number of aliphatic hydroxyl groups is 1. The Balaban J connectivity index is 0.00000338. The van der Waals surface area contributed by atoms with Crippen molar-refractivity contribution in [3.05, 3.63) is 70.5 Å². The van der Waals surface area contributed by atoms with Gasteiger partial charge in [0.15, 0.2) is 5.96 Å². The number of guanidine groups is 1. The third-order valence-electron chi connectivity index (χ3n) is 3.74. The molecule has 2 atom stereocenters. The highest BCUT2D eigenvalue weighted by Crippen LogP contribution is 2.16. The van der Waals surface area contributed by atoms with E-state index in [0.29, 0.717) is 23.1 Å². The number of aliphatic hydroxyl groups excluding tert-OH is 1. The van der Waals surface area contributed by atoms with Crippen molar-refractivity contribution >= 4 is 41.5 Å². The highest BCUT2D eigenvalue weighted by atomic mass is 127. The number of aliphatic imine (C=N–C) groups is 1. The first kappa shape index (κ1) is 22.7. The first-order valence-electron chi connectivity index (χ1n) is 8.23. The molecule has 0 aliphatic heterocycles. The van der Waals surface area contributed by atoms with Crippen LogP contribution in [0.25, 0.3) is 0 Å². The van der Waals surface area contributed by atoms with Crippen molar-refractivity contribution in [1.82, 2.24) is 10.6 Å². The maximum absolute atomic E-state index is 13.0. The lowest BCUT2D eigenvalue weighted by Crippen LogP contribution is -2.39. The third kappa shape index (κ3) is 7.09. The van der Waals surface area contributed by atoms with Gasteiger partial charge in [-0.25, -0.2) is 4.39 Å². The van der Waals surface area contributed by atoms with Crippen molar-refractivity contribution in [1.29, 1.82) is 0 Å². The summed E-state index contributed by atoms with van der Waals surface area (Å²) < 4.78 is 13.0. The maximum atomic E-state index is 13.0. The second-order valence-electron chi connectivity index (χ2n) is 5.70. The van der Waals surface area contributed by atoms with Gasteiger partial charge in [0.2, 0.25) is 0 Å². The summed E-state index contributed by atoms with van der Waals surface area (Å²) in [5.74, 6) is 0.275. The largest absolute Gasteiger partial charge is 0.386 e. The molecule has 0 amide bonds. The van der Waals surface area contributed by atoms with Gasteiger partial charge in [0, 0.05) is 11.6 Å². The normalized spacial score (nSPS) is 13.5. The van der Waals surface area contributed by atoms with E-state index in [1.54, 1.807) is 12.1 Å². The lowest BCUT2D eigenvalue weighted by atomic mass is 10.1. The van der Waals surface area contributed by atoms with Crippen molar-refractivity contribution in [2.24, 2.45) is 4.99 Å². The zero-order valence-corrected chi connectivity index (χ0v) is 17.8. The van der Waals surface area contributed by atoms with Crippen LogP contribution < -0.4 is 10.6 Å². The van der Waals surface area contributed by atoms with Crippen LogP contribution in [0.2, 0.25) is 5.02 Å². The van der Waals surface area contributed by atoms with Crippen LogP contribution in [-0.2, 0) is 0 Å². The van der Waals surface area contributed by atoms with Crippen LogP contribution in [0.1, 0.15) is 37.1 Å². The fraction of sp³-hybridized carbons (Fsp3) is 0.316. The van der Waals surface area contributed by atoms with E-state index in [1.165, 1.54) is 12.1 Å². The van der Waals surface area contributed by atoms with E-state index in [2.05, 4.69) is 15.6 Å². The van der Waals surface area contributed by atoms with Gasteiger partial charge in [-0.2, -0.15) is 0 Å². The Hall–Kier alpha value is -1.38. The molecule has 2 unspecified atom stereocenters. The van der Waals surface area contributed by atoms with Gasteiger partial charge in [-0.1, -0.05) is 35.9 Å². The number of benzene rings is 2. The Labute approximate surface area is 175 Å². The number of nitrogens with zero attached hydrogens (tertiary/aromatic N) is 1. The van der Waals surface area contributed by atoms with Crippen molar-refractivity contribution in [2.45, 2.75) is 26.0 Å². The van der Waals surface area contributed by atoms with Gasteiger partial charge >= 0.3 is 0 Å². The van der Waals surface area contributed by atoms with Crippen LogP contribution in [0, 0.1) is 5.82 Å². The standard InChI is InChI=1S/C19H23ClFN3O.HI/c1-3-22-19(24-13(2)14-4-8-16(20)9-5-14)23-12-18(25)15-6-10-17(21)11-7-15;/h4-11,13,18,25H,3,12H2,1-2H3,(H2,22,23,24);1H. The van der Waals surface area contributed by atoms with Crippen LogP contribution in [0.3, 0.4) is 0 Å². The Bertz CT molecular complexity index is 695. The van der Waals surface area contributed by atoms with Gasteiger partial charge in [-0.15, -0.1) is 24.0 Å². The molecule has 142 valence electrons.